The minimum absolute atomic E-state index is 0.103. The Morgan fingerprint density at radius 2 is 2.28 bits per heavy atom. The summed E-state index contributed by atoms with van der Waals surface area (Å²) in [6.45, 7) is 0. The van der Waals surface area contributed by atoms with Crippen molar-refractivity contribution < 1.29 is 14.3 Å². The molecule has 0 radical (unpaired) electrons. The van der Waals surface area contributed by atoms with Gasteiger partial charge in [0.25, 0.3) is 5.82 Å². The zero-order valence-corrected chi connectivity index (χ0v) is 10.1. The van der Waals surface area contributed by atoms with Gasteiger partial charge in [-0.2, -0.15) is 0 Å². The number of methoxy groups -OCH3 is 1. The quantitative estimate of drug-likeness (QED) is 0.621. The fraction of sp³-hybridized carbons (Fsp3) is 0.0909. The van der Waals surface area contributed by atoms with E-state index < -0.39 is 5.97 Å². The van der Waals surface area contributed by atoms with Crippen molar-refractivity contribution in [3.63, 3.8) is 0 Å². The van der Waals surface area contributed by atoms with Gasteiger partial charge in [-0.05, 0) is 12.1 Å². The van der Waals surface area contributed by atoms with Crippen LogP contribution < -0.4 is 0 Å². The molecule has 0 aliphatic rings. The van der Waals surface area contributed by atoms with Crippen molar-refractivity contribution in [2.75, 3.05) is 7.11 Å². The second-order valence-corrected chi connectivity index (χ2v) is 3.71. The van der Waals surface area contributed by atoms with Gasteiger partial charge in [0.2, 0.25) is 0 Å². The van der Waals surface area contributed by atoms with Crippen LogP contribution in [0.15, 0.2) is 24.5 Å². The number of aromatic nitrogens is 3. The molecule has 0 aliphatic carbocycles. The molecular formula is C11H8ClN3O3. The zero-order valence-electron chi connectivity index (χ0n) is 9.33. The average molecular weight is 266 g/mol. The van der Waals surface area contributed by atoms with Gasteiger partial charge in [0.1, 0.15) is 6.33 Å². The van der Waals surface area contributed by atoms with Crippen molar-refractivity contribution in [1.29, 1.82) is 0 Å². The Balaban J connectivity index is 2.52. The van der Waals surface area contributed by atoms with Crippen LogP contribution in [0.2, 0.25) is 5.02 Å². The van der Waals surface area contributed by atoms with Crippen LogP contribution in [0, 0.1) is 0 Å². The van der Waals surface area contributed by atoms with Crippen LogP contribution in [0.4, 0.5) is 0 Å². The van der Waals surface area contributed by atoms with E-state index in [-0.39, 0.29) is 5.82 Å². The van der Waals surface area contributed by atoms with E-state index in [1.165, 1.54) is 18.1 Å². The van der Waals surface area contributed by atoms with Crippen molar-refractivity contribution in [2.45, 2.75) is 0 Å². The van der Waals surface area contributed by atoms with Crippen LogP contribution in [-0.4, -0.2) is 34.1 Å². The van der Waals surface area contributed by atoms with Gasteiger partial charge in [0.05, 0.1) is 17.8 Å². The van der Waals surface area contributed by atoms with E-state index in [0.717, 1.165) is 0 Å². The highest BCUT2D eigenvalue weighted by molar-refractivity contribution is 6.32. The Kier molecular flexibility index (Phi) is 3.38. The van der Waals surface area contributed by atoms with E-state index in [9.17, 15) is 9.59 Å². The molecule has 0 bridgehead atoms. The van der Waals surface area contributed by atoms with Gasteiger partial charge in [0, 0.05) is 5.56 Å². The van der Waals surface area contributed by atoms with E-state index in [0.29, 0.717) is 22.6 Å². The molecule has 7 heteroatoms. The first-order chi connectivity index (χ1) is 8.67. The summed E-state index contributed by atoms with van der Waals surface area (Å²) in [5.41, 5.74) is 0.723. The van der Waals surface area contributed by atoms with Crippen molar-refractivity contribution in [3.8, 4) is 5.69 Å². The number of hydrogen-bond acceptors (Lipinski definition) is 5. The SMILES string of the molecule is COC(=O)c1ncn(-c2c(Cl)cccc2C=O)n1. The first-order valence-electron chi connectivity index (χ1n) is 4.91. The third-order valence-corrected chi connectivity index (χ3v) is 2.54. The highest BCUT2D eigenvalue weighted by Gasteiger charge is 2.15. The van der Waals surface area contributed by atoms with Gasteiger partial charge in [-0.25, -0.2) is 14.5 Å². The molecule has 1 aromatic carbocycles. The van der Waals surface area contributed by atoms with E-state index >= 15 is 0 Å². The lowest BCUT2D eigenvalue weighted by Gasteiger charge is -2.05. The van der Waals surface area contributed by atoms with E-state index in [1.807, 2.05) is 0 Å². The van der Waals surface area contributed by atoms with Crippen LogP contribution in [-0.2, 0) is 4.74 Å². The molecule has 92 valence electrons. The number of esters is 1. The standard InChI is InChI=1S/C11H8ClN3O3/c1-18-11(17)10-13-6-15(14-10)9-7(5-16)3-2-4-8(9)12/h2-6H,1H3. The summed E-state index contributed by atoms with van der Waals surface area (Å²) in [4.78, 5) is 26.0. The molecule has 0 spiro atoms. The van der Waals surface area contributed by atoms with Crippen LogP contribution in [0.1, 0.15) is 21.0 Å². The normalized spacial score (nSPS) is 10.1. The van der Waals surface area contributed by atoms with Gasteiger partial charge < -0.3 is 4.74 Å². The third-order valence-electron chi connectivity index (χ3n) is 2.23. The molecule has 0 saturated heterocycles. The van der Waals surface area contributed by atoms with Crippen LogP contribution in [0.25, 0.3) is 5.69 Å². The smallest absolute Gasteiger partial charge is 0.377 e. The zero-order chi connectivity index (χ0) is 13.1. The number of benzene rings is 1. The molecule has 0 N–H and O–H groups in total. The number of ether oxygens (including phenoxy) is 1. The molecule has 0 amide bonds. The van der Waals surface area contributed by atoms with E-state index in [4.69, 9.17) is 11.6 Å². The monoisotopic (exact) mass is 265 g/mol. The summed E-state index contributed by atoms with van der Waals surface area (Å²) < 4.78 is 5.75. The van der Waals surface area contributed by atoms with Gasteiger partial charge in [-0.1, -0.05) is 17.7 Å². The summed E-state index contributed by atoms with van der Waals surface area (Å²) in [7, 11) is 1.23. The molecule has 0 saturated carbocycles. The molecule has 1 heterocycles. The number of rotatable bonds is 3. The van der Waals surface area contributed by atoms with Crippen molar-refractivity contribution in [3.05, 3.63) is 40.9 Å². The summed E-state index contributed by atoms with van der Waals surface area (Å²) in [5.74, 6) is -0.761. The van der Waals surface area contributed by atoms with Gasteiger partial charge >= 0.3 is 5.97 Å². The summed E-state index contributed by atoms with van der Waals surface area (Å²) in [6.07, 6.45) is 1.95. The predicted octanol–water partition coefficient (Wildman–Crippen LogP) is 1.52. The number of carbonyl (C=O) groups excluding carboxylic acids is 2. The van der Waals surface area contributed by atoms with Crippen molar-refractivity contribution >= 4 is 23.9 Å². The van der Waals surface area contributed by atoms with E-state index in [1.54, 1.807) is 18.2 Å². The fourth-order valence-electron chi connectivity index (χ4n) is 1.42. The lowest BCUT2D eigenvalue weighted by atomic mass is 10.2. The highest BCUT2D eigenvalue weighted by atomic mass is 35.5. The maximum absolute atomic E-state index is 11.2. The molecule has 0 aliphatic heterocycles. The van der Waals surface area contributed by atoms with Crippen LogP contribution in [0.3, 0.4) is 0 Å². The molecule has 1 aromatic heterocycles. The molecule has 0 fully saturated rings. The Morgan fingerprint density at radius 3 is 2.94 bits per heavy atom. The highest BCUT2D eigenvalue weighted by Crippen LogP contribution is 2.22. The molecule has 6 nitrogen and oxygen atoms in total. The summed E-state index contributed by atoms with van der Waals surface area (Å²) in [5, 5.41) is 4.24. The number of hydrogen-bond donors (Lipinski definition) is 0. The molecule has 0 atom stereocenters. The predicted molar refractivity (Wildman–Crippen MR) is 63.1 cm³/mol. The molecule has 18 heavy (non-hydrogen) atoms. The molecule has 2 rings (SSSR count). The van der Waals surface area contributed by atoms with Crippen LogP contribution in [0.5, 0.6) is 0 Å². The van der Waals surface area contributed by atoms with Crippen molar-refractivity contribution in [2.24, 2.45) is 0 Å². The second kappa shape index (κ2) is 4.97. The number of aldehydes is 1. The minimum atomic E-state index is -0.659. The summed E-state index contributed by atoms with van der Waals surface area (Å²) in [6, 6.07) is 4.85. The lowest BCUT2D eigenvalue weighted by Crippen LogP contribution is -2.06. The third kappa shape index (κ3) is 2.10. The van der Waals surface area contributed by atoms with Gasteiger partial charge in [-0.15, -0.1) is 5.10 Å². The first-order valence-corrected chi connectivity index (χ1v) is 5.29. The topological polar surface area (TPSA) is 74.1 Å². The van der Waals surface area contributed by atoms with Crippen molar-refractivity contribution in [1.82, 2.24) is 14.8 Å². The number of halogens is 1. The first kappa shape index (κ1) is 12.3. The van der Waals surface area contributed by atoms with Gasteiger partial charge in [-0.3, -0.25) is 4.79 Å². The Bertz CT molecular complexity index is 609. The number of para-hydroxylation sites is 1. The second-order valence-electron chi connectivity index (χ2n) is 3.30. The van der Waals surface area contributed by atoms with Crippen LogP contribution >= 0.6 is 11.6 Å². The number of nitrogens with zero attached hydrogens (tertiary/aromatic N) is 3. The van der Waals surface area contributed by atoms with Gasteiger partial charge in [0.15, 0.2) is 6.29 Å². The Labute approximate surface area is 107 Å². The molecular weight excluding hydrogens is 258 g/mol. The summed E-state index contributed by atoms with van der Waals surface area (Å²) >= 11 is 6.00. The average Bonchev–Trinajstić information content (AvgIpc) is 2.86. The van der Waals surface area contributed by atoms with E-state index in [2.05, 4.69) is 14.8 Å². The Morgan fingerprint density at radius 1 is 1.50 bits per heavy atom. The largest absolute Gasteiger partial charge is 0.463 e. The Hall–Kier alpha value is -2.21. The maximum Gasteiger partial charge on any atom is 0.377 e. The lowest BCUT2D eigenvalue weighted by molar-refractivity contribution is 0.0587. The molecule has 2 aromatic rings. The maximum atomic E-state index is 11.2. The number of carbonyl (C=O) groups is 2. The fourth-order valence-corrected chi connectivity index (χ4v) is 1.69. The molecule has 0 unspecified atom stereocenters. The minimum Gasteiger partial charge on any atom is -0.463 e.